The van der Waals surface area contributed by atoms with Crippen LogP contribution in [0.4, 0.5) is 26.3 Å². The largest absolute Gasteiger partial charge is 0.299 e. The van der Waals surface area contributed by atoms with E-state index in [1.54, 1.807) is 0 Å². The number of hydrogen-bond donors (Lipinski definition) is 0. The van der Waals surface area contributed by atoms with Crippen molar-refractivity contribution in [3.8, 4) is 0 Å². The summed E-state index contributed by atoms with van der Waals surface area (Å²) in [5.41, 5.74) is -4.34. The van der Waals surface area contributed by atoms with Crippen LogP contribution in [0.3, 0.4) is 0 Å². The summed E-state index contributed by atoms with van der Waals surface area (Å²) in [6.45, 7) is 0. The van der Waals surface area contributed by atoms with Gasteiger partial charge in [-0.15, -0.1) is 0 Å². The van der Waals surface area contributed by atoms with Crippen LogP contribution >= 0.6 is 0 Å². The third-order valence-electron chi connectivity index (χ3n) is 5.40. The van der Waals surface area contributed by atoms with Crippen LogP contribution in [0, 0.1) is 11.6 Å². The second kappa shape index (κ2) is 8.82. The number of hydrogen-bond acceptors (Lipinski definition) is 1. The minimum Gasteiger partial charge on any atom is -0.289 e. The van der Waals surface area contributed by atoms with Gasteiger partial charge >= 0.3 is 0 Å². The quantitative estimate of drug-likeness (QED) is 0.211. The number of benzene rings is 4. The van der Waals surface area contributed by atoms with Crippen molar-refractivity contribution in [1.82, 2.24) is 0 Å². The van der Waals surface area contributed by atoms with Crippen LogP contribution in [-0.2, 0) is 11.8 Å². The average Bonchev–Trinajstić information content (AvgIpc) is 2.84. The molecule has 0 aliphatic rings. The van der Waals surface area contributed by atoms with E-state index in [4.69, 9.17) is 0 Å². The summed E-state index contributed by atoms with van der Waals surface area (Å²) < 4.78 is 89.3. The Kier molecular flexibility index (Phi) is 6.04. The minimum atomic E-state index is -3.81. The number of ketones is 1. The number of carbonyl (C=O) groups excluding carboxylic acids is 1. The van der Waals surface area contributed by atoms with Crippen molar-refractivity contribution in [2.45, 2.75) is 11.8 Å². The molecule has 0 aromatic heterocycles. The Morgan fingerprint density at radius 2 is 0.882 bits per heavy atom. The van der Waals surface area contributed by atoms with Crippen LogP contribution in [-0.4, -0.2) is 5.78 Å². The van der Waals surface area contributed by atoms with Crippen molar-refractivity contribution in [2.75, 3.05) is 0 Å². The molecule has 172 valence electrons. The van der Waals surface area contributed by atoms with Crippen LogP contribution in [0.1, 0.15) is 38.2 Å². The molecule has 0 saturated heterocycles. The number of rotatable bonds is 6. The van der Waals surface area contributed by atoms with Gasteiger partial charge in [0.15, 0.2) is 5.78 Å². The lowest BCUT2D eigenvalue weighted by atomic mass is 9.87. The summed E-state index contributed by atoms with van der Waals surface area (Å²) in [5.74, 6) is -10.9. The SMILES string of the molecule is O=C(c1ccc(F)cc1C(F)(F)c1ccccc1)c1ccc(F)cc1C(F)(F)c1ccccc1. The van der Waals surface area contributed by atoms with E-state index in [2.05, 4.69) is 0 Å². The fraction of sp³-hybridized carbons (Fsp3) is 0.0741. The molecule has 0 unspecified atom stereocenters. The number of halogens is 6. The Morgan fingerprint density at radius 3 is 1.24 bits per heavy atom. The van der Waals surface area contributed by atoms with E-state index in [9.17, 15) is 13.6 Å². The summed E-state index contributed by atoms with van der Waals surface area (Å²) in [7, 11) is 0. The summed E-state index contributed by atoms with van der Waals surface area (Å²) in [6, 6.07) is 17.0. The molecule has 0 atom stereocenters. The van der Waals surface area contributed by atoms with Gasteiger partial charge in [0.1, 0.15) is 11.6 Å². The predicted molar refractivity (Wildman–Crippen MR) is 115 cm³/mol. The highest BCUT2D eigenvalue weighted by atomic mass is 19.3. The minimum absolute atomic E-state index is 0.499. The van der Waals surface area contributed by atoms with Crippen molar-refractivity contribution in [3.63, 3.8) is 0 Å². The van der Waals surface area contributed by atoms with Crippen molar-refractivity contribution < 1.29 is 31.1 Å². The highest BCUT2D eigenvalue weighted by molar-refractivity contribution is 6.11. The molecule has 7 heteroatoms. The summed E-state index contributed by atoms with van der Waals surface area (Å²) in [6.07, 6.45) is 0. The molecule has 0 fully saturated rings. The van der Waals surface area contributed by atoms with E-state index >= 15 is 17.6 Å². The molecule has 0 bridgehead atoms. The summed E-state index contributed by atoms with van der Waals surface area (Å²) >= 11 is 0. The molecule has 0 aliphatic carbocycles. The molecule has 0 amide bonds. The smallest absolute Gasteiger partial charge is 0.289 e. The summed E-state index contributed by atoms with van der Waals surface area (Å²) in [4.78, 5) is 13.4. The average molecular weight is 470 g/mol. The Balaban J connectivity index is 1.89. The maximum Gasteiger partial charge on any atom is 0.299 e. The third-order valence-corrected chi connectivity index (χ3v) is 5.40. The van der Waals surface area contributed by atoms with Crippen LogP contribution in [0.5, 0.6) is 0 Å². The second-order valence-corrected chi connectivity index (χ2v) is 7.59. The Hall–Kier alpha value is -3.87. The molecule has 1 nitrogen and oxygen atoms in total. The molecular formula is C27H16F6O. The molecule has 0 spiro atoms. The van der Waals surface area contributed by atoms with Gasteiger partial charge in [-0.2, -0.15) is 17.6 Å². The van der Waals surface area contributed by atoms with Gasteiger partial charge in [-0.3, -0.25) is 4.79 Å². The number of alkyl halides is 4. The zero-order chi connectivity index (χ0) is 24.5. The van der Waals surface area contributed by atoms with Gasteiger partial charge in [-0.1, -0.05) is 60.7 Å². The lowest BCUT2D eigenvalue weighted by Gasteiger charge is -2.23. The third kappa shape index (κ3) is 4.21. The first kappa shape index (κ1) is 23.3. The lowest BCUT2D eigenvalue weighted by Crippen LogP contribution is -2.23. The predicted octanol–water partition coefficient (Wildman–Crippen LogP) is 7.48. The molecule has 4 aromatic carbocycles. The van der Waals surface area contributed by atoms with Crippen molar-refractivity contribution >= 4 is 5.78 Å². The van der Waals surface area contributed by atoms with Crippen molar-refractivity contribution in [3.05, 3.63) is 142 Å². The monoisotopic (exact) mass is 470 g/mol. The van der Waals surface area contributed by atoms with E-state index in [0.717, 1.165) is 48.5 Å². The maximum atomic E-state index is 15.3. The van der Waals surface area contributed by atoms with Gasteiger partial charge in [-0.05, 0) is 36.4 Å². The molecular weight excluding hydrogens is 454 g/mol. The fourth-order valence-corrected chi connectivity index (χ4v) is 3.70. The van der Waals surface area contributed by atoms with Gasteiger partial charge < -0.3 is 0 Å². The Labute approximate surface area is 191 Å². The second-order valence-electron chi connectivity index (χ2n) is 7.59. The standard InChI is InChI=1S/C27H16F6O/c28-19-11-13-21(23(15-19)26(30,31)17-7-3-1-4-8-17)25(34)22-14-12-20(29)16-24(22)27(32,33)18-9-5-2-6-10-18/h1-16H. The van der Waals surface area contributed by atoms with Crippen LogP contribution in [0.2, 0.25) is 0 Å². The molecule has 4 aromatic rings. The highest BCUT2D eigenvalue weighted by Crippen LogP contribution is 2.41. The number of carbonyl (C=O) groups is 1. The topological polar surface area (TPSA) is 17.1 Å². The van der Waals surface area contributed by atoms with E-state index in [1.807, 2.05) is 0 Å². The van der Waals surface area contributed by atoms with Crippen LogP contribution in [0.25, 0.3) is 0 Å². The van der Waals surface area contributed by atoms with Crippen LogP contribution in [0.15, 0.2) is 97.1 Å². The molecule has 0 saturated carbocycles. The molecule has 34 heavy (non-hydrogen) atoms. The van der Waals surface area contributed by atoms with Gasteiger partial charge in [0.05, 0.1) is 0 Å². The highest BCUT2D eigenvalue weighted by Gasteiger charge is 2.41. The molecule has 0 aliphatic heterocycles. The normalized spacial score (nSPS) is 11.9. The van der Waals surface area contributed by atoms with E-state index < -0.39 is 62.6 Å². The first-order valence-corrected chi connectivity index (χ1v) is 10.1. The Morgan fingerprint density at radius 1 is 0.529 bits per heavy atom. The van der Waals surface area contributed by atoms with Crippen molar-refractivity contribution in [1.29, 1.82) is 0 Å². The van der Waals surface area contributed by atoms with Gasteiger partial charge in [0, 0.05) is 33.4 Å². The van der Waals surface area contributed by atoms with E-state index in [0.29, 0.717) is 12.1 Å². The molecule has 0 heterocycles. The van der Waals surface area contributed by atoms with Gasteiger partial charge in [0.2, 0.25) is 0 Å². The first-order chi connectivity index (χ1) is 16.1. The molecule has 4 rings (SSSR count). The van der Waals surface area contributed by atoms with Gasteiger partial charge in [-0.25, -0.2) is 8.78 Å². The zero-order valence-electron chi connectivity index (χ0n) is 17.4. The first-order valence-electron chi connectivity index (χ1n) is 10.1. The fourth-order valence-electron chi connectivity index (χ4n) is 3.70. The van der Waals surface area contributed by atoms with Gasteiger partial charge in [0.25, 0.3) is 11.8 Å². The molecule has 0 N–H and O–H groups in total. The zero-order valence-corrected chi connectivity index (χ0v) is 17.4. The lowest BCUT2D eigenvalue weighted by molar-refractivity contribution is 0.0401. The van der Waals surface area contributed by atoms with Crippen LogP contribution < -0.4 is 0 Å². The Bertz CT molecular complexity index is 1230. The maximum absolute atomic E-state index is 15.3. The van der Waals surface area contributed by atoms with E-state index in [-0.39, 0.29) is 0 Å². The summed E-state index contributed by atoms with van der Waals surface area (Å²) in [5, 5.41) is 0. The molecule has 0 radical (unpaired) electrons. The van der Waals surface area contributed by atoms with E-state index in [1.165, 1.54) is 36.4 Å². The van der Waals surface area contributed by atoms with Crippen molar-refractivity contribution in [2.24, 2.45) is 0 Å².